The lowest BCUT2D eigenvalue weighted by molar-refractivity contribution is -0.122. The van der Waals surface area contributed by atoms with Gasteiger partial charge in [0.1, 0.15) is 0 Å². The first kappa shape index (κ1) is 19.0. The third-order valence-corrected chi connectivity index (χ3v) is 6.12. The molecule has 0 bridgehead atoms. The van der Waals surface area contributed by atoms with E-state index in [1.165, 1.54) is 4.90 Å². The van der Waals surface area contributed by atoms with Crippen LogP contribution in [0, 0.1) is 18.3 Å². The Morgan fingerprint density at radius 2 is 1.83 bits per heavy atom. The molecule has 29 heavy (non-hydrogen) atoms. The second-order valence-electron chi connectivity index (χ2n) is 6.80. The highest BCUT2D eigenvalue weighted by atomic mass is 32.2. The number of para-hydroxylation sites is 1. The minimum absolute atomic E-state index is 0.229. The van der Waals surface area contributed by atoms with Crippen LogP contribution in [-0.4, -0.2) is 27.2 Å². The molecule has 0 N–H and O–H groups in total. The number of fused-ring (bicyclic) bond motifs is 1. The summed E-state index contributed by atoms with van der Waals surface area (Å²) in [5.41, 5.74) is 4.53. The molecule has 4 rings (SSSR count). The van der Waals surface area contributed by atoms with Gasteiger partial charge in [-0.3, -0.25) is 14.5 Å². The van der Waals surface area contributed by atoms with Gasteiger partial charge in [-0.15, -0.1) is 0 Å². The fourth-order valence-electron chi connectivity index (χ4n) is 3.69. The monoisotopic (exact) mass is 401 g/mol. The van der Waals surface area contributed by atoms with E-state index < -0.39 is 0 Å². The normalized spacial score (nSPS) is 15.5. The van der Waals surface area contributed by atoms with Crippen LogP contribution in [0.15, 0.2) is 53.4 Å². The number of likely N-dealkylation sites (N-methyl/N-ethyl adjacent to an activating group) is 1. The fourth-order valence-corrected chi connectivity index (χ4v) is 4.57. The van der Waals surface area contributed by atoms with Crippen molar-refractivity contribution in [1.29, 1.82) is 5.26 Å². The summed E-state index contributed by atoms with van der Waals surface area (Å²) in [6.45, 7) is 4.72. The average molecular weight is 401 g/mol. The van der Waals surface area contributed by atoms with Crippen LogP contribution in [0.4, 0.5) is 4.79 Å². The summed E-state index contributed by atoms with van der Waals surface area (Å²) in [5, 5.41) is 10.2. The van der Waals surface area contributed by atoms with E-state index in [0.717, 1.165) is 39.5 Å². The molecule has 6 heteroatoms. The number of amides is 2. The number of nitriles is 1. The Hall–Kier alpha value is -3.30. The van der Waals surface area contributed by atoms with Gasteiger partial charge in [-0.05, 0) is 49.4 Å². The third kappa shape index (κ3) is 3.24. The summed E-state index contributed by atoms with van der Waals surface area (Å²) in [6, 6.07) is 17.8. The Morgan fingerprint density at radius 3 is 2.55 bits per heavy atom. The molecule has 2 amide bonds. The Balaban J connectivity index is 1.85. The van der Waals surface area contributed by atoms with Crippen molar-refractivity contribution in [2.45, 2.75) is 20.4 Å². The molecule has 2 heterocycles. The molecule has 0 saturated carbocycles. The Labute approximate surface area is 173 Å². The Morgan fingerprint density at radius 1 is 1.10 bits per heavy atom. The molecule has 0 unspecified atom stereocenters. The zero-order chi connectivity index (χ0) is 20.5. The van der Waals surface area contributed by atoms with Gasteiger partial charge < -0.3 is 4.57 Å². The molecule has 0 radical (unpaired) electrons. The molecule has 1 aliphatic heterocycles. The first-order valence-electron chi connectivity index (χ1n) is 9.36. The van der Waals surface area contributed by atoms with Crippen LogP contribution in [0.5, 0.6) is 0 Å². The SMILES string of the molecule is CCN1C(=O)S/C(=C/c2c(C)n(Cc3ccccc3C#N)c3ccccc23)C1=O. The maximum absolute atomic E-state index is 12.6. The van der Waals surface area contributed by atoms with Gasteiger partial charge in [-0.2, -0.15) is 5.26 Å². The predicted molar refractivity (Wildman–Crippen MR) is 115 cm³/mol. The van der Waals surface area contributed by atoms with Gasteiger partial charge in [0, 0.05) is 35.2 Å². The lowest BCUT2D eigenvalue weighted by atomic mass is 10.1. The van der Waals surface area contributed by atoms with Crippen molar-refractivity contribution in [1.82, 2.24) is 9.47 Å². The van der Waals surface area contributed by atoms with Crippen molar-refractivity contribution in [2.75, 3.05) is 6.54 Å². The smallest absolute Gasteiger partial charge is 0.293 e. The maximum atomic E-state index is 12.6. The molecular weight excluding hydrogens is 382 g/mol. The van der Waals surface area contributed by atoms with E-state index in [-0.39, 0.29) is 11.1 Å². The van der Waals surface area contributed by atoms with E-state index in [1.54, 1.807) is 6.92 Å². The lowest BCUT2D eigenvalue weighted by Crippen LogP contribution is -2.27. The summed E-state index contributed by atoms with van der Waals surface area (Å²) in [6.07, 6.45) is 1.82. The number of benzene rings is 2. The number of carbonyl (C=O) groups is 2. The van der Waals surface area contributed by atoms with Gasteiger partial charge in [-0.25, -0.2) is 0 Å². The van der Waals surface area contributed by atoms with E-state index in [9.17, 15) is 14.9 Å². The quantitative estimate of drug-likeness (QED) is 0.582. The molecule has 5 nitrogen and oxygen atoms in total. The van der Waals surface area contributed by atoms with Crippen molar-refractivity contribution < 1.29 is 9.59 Å². The van der Waals surface area contributed by atoms with Crippen LogP contribution in [0.3, 0.4) is 0 Å². The van der Waals surface area contributed by atoms with Crippen LogP contribution < -0.4 is 0 Å². The van der Waals surface area contributed by atoms with Crippen LogP contribution in [0.1, 0.15) is 29.3 Å². The second-order valence-corrected chi connectivity index (χ2v) is 7.79. The van der Waals surface area contributed by atoms with Crippen LogP contribution in [0.25, 0.3) is 17.0 Å². The lowest BCUT2D eigenvalue weighted by Gasteiger charge is -2.10. The average Bonchev–Trinajstić information content (AvgIpc) is 3.16. The van der Waals surface area contributed by atoms with Crippen molar-refractivity contribution in [3.8, 4) is 6.07 Å². The molecule has 0 atom stereocenters. The number of nitrogens with zero attached hydrogens (tertiary/aromatic N) is 3. The van der Waals surface area contributed by atoms with Gasteiger partial charge >= 0.3 is 0 Å². The minimum atomic E-state index is -0.242. The van der Waals surface area contributed by atoms with E-state index in [0.29, 0.717) is 23.6 Å². The highest BCUT2D eigenvalue weighted by Crippen LogP contribution is 2.35. The molecule has 1 saturated heterocycles. The highest BCUT2D eigenvalue weighted by molar-refractivity contribution is 8.18. The molecule has 1 fully saturated rings. The van der Waals surface area contributed by atoms with Crippen molar-refractivity contribution in [3.05, 3.63) is 75.8 Å². The third-order valence-electron chi connectivity index (χ3n) is 5.21. The van der Waals surface area contributed by atoms with E-state index in [4.69, 9.17) is 0 Å². The molecule has 1 aliphatic rings. The summed E-state index contributed by atoms with van der Waals surface area (Å²) < 4.78 is 2.15. The standard InChI is InChI=1S/C23H19N3O2S/c1-3-25-22(27)21(29-23(25)28)12-19-15(2)26(20-11-7-6-10-18(19)20)14-17-9-5-4-8-16(17)13-24/h4-12H,3,14H2,1-2H3/b21-12+. The molecule has 0 aliphatic carbocycles. The Bertz CT molecular complexity index is 1220. The number of aromatic nitrogens is 1. The van der Waals surface area contributed by atoms with Gasteiger partial charge in [0.05, 0.1) is 16.5 Å². The summed E-state index contributed by atoms with van der Waals surface area (Å²) in [4.78, 5) is 26.3. The number of hydrogen-bond acceptors (Lipinski definition) is 4. The number of hydrogen-bond donors (Lipinski definition) is 0. The van der Waals surface area contributed by atoms with Crippen LogP contribution in [-0.2, 0) is 11.3 Å². The largest absolute Gasteiger partial charge is 0.340 e. The first-order valence-corrected chi connectivity index (χ1v) is 10.2. The second kappa shape index (κ2) is 7.61. The van der Waals surface area contributed by atoms with E-state index in [1.807, 2.05) is 61.5 Å². The van der Waals surface area contributed by atoms with E-state index >= 15 is 0 Å². The highest BCUT2D eigenvalue weighted by Gasteiger charge is 2.34. The number of rotatable bonds is 4. The van der Waals surface area contributed by atoms with Crippen LogP contribution >= 0.6 is 11.8 Å². The molecule has 0 spiro atoms. The van der Waals surface area contributed by atoms with Gasteiger partial charge in [0.2, 0.25) is 0 Å². The predicted octanol–water partition coefficient (Wildman–Crippen LogP) is 4.93. The number of thioether (sulfide) groups is 1. The zero-order valence-electron chi connectivity index (χ0n) is 16.2. The molecule has 2 aromatic carbocycles. The molecular formula is C23H19N3O2S. The summed E-state index contributed by atoms with van der Waals surface area (Å²) in [7, 11) is 0. The number of imide groups is 1. The van der Waals surface area contributed by atoms with Crippen molar-refractivity contribution in [3.63, 3.8) is 0 Å². The molecule has 1 aromatic heterocycles. The fraction of sp³-hybridized carbons (Fsp3) is 0.174. The van der Waals surface area contributed by atoms with Gasteiger partial charge in [0.25, 0.3) is 11.1 Å². The number of carbonyl (C=O) groups excluding carboxylic acids is 2. The first-order chi connectivity index (χ1) is 14.0. The Kier molecular flexibility index (Phi) is 4.99. The molecule has 3 aromatic rings. The van der Waals surface area contributed by atoms with Crippen LogP contribution in [0.2, 0.25) is 0 Å². The maximum Gasteiger partial charge on any atom is 0.293 e. The summed E-state index contributed by atoms with van der Waals surface area (Å²) >= 11 is 0.984. The van der Waals surface area contributed by atoms with Gasteiger partial charge in [-0.1, -0.05) is 36.4 Å². The van der Waals surface area contributed by atoms with Gasteiger partial charge in [0.15, 0.2) is 0 Å². The minimum Gasteiger partial charge on any atom is -0.340 e. The zero-order valence-corrected chi connectivity index (χ0v) is 17.0. The molecule has 144 valence electrons. The van der Waals surface area contributed by atoms with Crippen molar-refractivity contribution >= 4 is 39.9 Å². The van der Waals surface area contributed by atoms with E-state index in [2.05, 4.69) is 10.6 Å². The topological polar surface area (TPSA) is 66.1 Å². The summed E-state index contributed by atoms with van der Waals surface area (Å²) in [5.74, 6) is -0.242. The van der Waals surface area contributed by atoms with Crippen molar-refractivity contribution in [2.24, 2.45) is 0 Å².